The number of ether oxygens (including phenoxy) is 1. The van der Waals surface area contributed by atoms with Crippen LogP contribution in [0.15, 0.2) is 24.3 Å². The zero-order chi connectivity index (χ0) is 19.3. The predicted octanol–water partition coefficient (Wildman–Crippen LogP) is 1.86. The molecule has 146 valence electrons. The number of amides is 1. The number of hydrogen-bond donors (Lipinski definition) is 1. The van der Waals surface area contributed by atoms with Gasteiger partial charge in [-0.15, -0.1) is 0 Å². The molecule has 1 amide bonds. The fourth-order valence-corrected chi connectivity index (χ4v) is 3.83. The standard InChI is InChI=1S/C18H29N3O4S/c1-5-14(2)19-18(22)15-6-8-16(9-7-15)25-17-10-12-21(13-11-17)26(23,24)20(3)4/h6-9,14,17H,5,10-13H2,1-4H3,(H,19,22)/t14-/m0/s1. The highest BCUT2D eigenvalue weighted by atomic mass is 32.2. The van der Waals surface area contributed by atoms with Crippen molar-refractivity contribution in [3.05, 3.63) is 29.8 Å². The minimum Gasteiger partial charge on any atom is -0.490 e. The fraction of sp³-hybridized carbons (Fsp3) is 0.611. The number of piperidine rings is 1. The number of nitrogens with zero attached hydrogens (tertiary/aromatic N) is 2. The van der Waals surface area contributed by atoms with Crippen molar-refractivity contribution >= 4 is 16.1 Å². The van der Waals surface area contributed by atoms with E-state index in [0.717, 1.165) is 6.42 Å². The molecule has 1 aromatic rings. The van der Waals surface area contributed by atoms with Crippen LogP contribution >= 0.6 is 0 Å². The molecule has 1 heterocycles. The van der Waals surface area contributed by atoms with Gasteiger partial charge in [-0.1, -0.05) is 6.92 Å². The quantitative estimate of drug-likeness (QED) is 0.780. The van der Waals surface area contributed by atoms with Crippen molar-refractivity contribution in [2.24, 2.45) is 0 Å². The molecule has 1 aliphatic rings. The summed E-state index contributed by atoms with van der Waals surface area (Å²) < 4.78 is 32.9. The van der Waals surface area contributed by atoms with Crippen molar-refractivity contribution in [2.45, 2.75) is 45.3 Å². The molecule has 1 aromatic carbocycles. The van der Waals surface area contributed by atoms with Gasteiger partial charge in [0, 0.05) is 38.8 Å². The van der Waals surface area contributed by atoms with E-state index in [1.54, 1.807) is 24.3 Å². The Balaban J connectivity index is 1.88. The second-order valence-corrected chi connectivity index (χ2v) is 8.96. The molecule has 0 aliphatic carbocycles. The minimum atomic E-state index is -3.36. The third-order valence-corrected chi connectivity index (χ3v) is 6.54. The molecule has 0 bridgehead atoms. The van der Waals surface area contributed by atoms with E-state index in [1.807, 2.05) is 13.8 Å². The Labute approximate surface area is 156 Å². The highest BCUT2D eigenvalue weighted by molar-refractivity contribution is 7.86. The van der Waals surface area contributed by atoms with Crippen LogP contribution in [0.5, 0.6) is 5.75 Å². The first-order valence-electron chi connectivity index (χ1n) is 8.99. The van der Waals surface area contributed by atoms with Crippen LogP contribution in [0.3, 0.4) is 0 Å². The summed E-state index contributed by atoms with van der Waals surface area (Å²) in [6.45, 7) is 4.89. The monoisotopic (exact) mass is 383 g/mol. The summed E-state index contributed by atoms with van der Waals surface area (Å²) in [6, 6.07) is 7.21. The molecule has 8 heteroatoms. The van der Waals surface area contributed by atoms with Crippen LogP contribution in [0.25, 0.3) is 0 Å². The Hall–Kier alpha value is -1.64. The average Bonchev–Trinajstić information content (AvgIpc) is 2.62. The Bertz CT molecular complexity index is 696. The number of benzene rings is 1. The molecule has 0 spiro atoms. The lowest BCUT2D eigenvalue weighted by Crippen LogP contribution is -2.46. The third-order valence-electron chi connectivity index (χ3n) is 4.60. The Morgan fingerprint density at radius 2 is 1.85 bits per heavy atom. The van der Waals surface area contributed by atoms with Crippen molar-refractivity contribution in [3.8, 4) is 5.75 Å². The zero-order valence-corrected chi connectivity index (χ0v) is 16.8. The Morgan fingerprint density at radius 1 is 1.27 bits per heavy atom. The van der Waals surface area contributed by atoms with Gasteiger partial charge in [-0.05, 0) is 50.5 Å². The second-order valence-electron chi connectivity index (χ2n) is 6.81. The van der Waals surface area contributed by atoms with E-state index in [0.29, 0.717) is 37.2 Å². The van der Waals surface area contributed by atoms with Gasteiger partial charge in [0.2, 0.25) is 0 Å². The number of carbonyl (C=O) groups excluding carboxylic acids is 1. The zero-order valence-electron chi connectivity index (χ0n) is 15.9. The van der Waals surface area contributed by atoms with E-state index in [9.17, 15) is 13.2 Å². The van der Waals surface area contributed by atoms with Crippen molar-refractivity contribution in [3.63, 3.8) is 0 Å². The topological polar surface area (TPSA) is 79.0 Å². The van der Waals surface area contributed by atoms with E-state index >= 15 is 0 Å². The summed E-state index contributed by atoms with van der Waals surface area (Å²) in [5.74, 6) is 0.604. The van der Waals surface area contributed by atoms with Gasteiger partial charge in [0.25, 0.3) is 16.1 Å². The van der Waals surface area contributed by atoms with Crippen molar-refractivity contribution in [1.29, 1.82) is 0 Å². The van der Waals surface area contributed by atoms with Gasteiger partial charge in [-0.3, -0.25) is 4.79 Å². The Kier molecular flexibility index (Phi) is 7.02. The maximum Gasteiger partial charge on any atom is 0.281 e. The molecule has 2 rings (SSSR count). The van der Waals surface area contributed by atoms with Crippen LogP contribution in [0.2, 0.25) is 0 Å². The summed E-state index contributed by atoms with van der Waals surface area (Å²) in [6.07, 6.45) is 2.14. The van der Waals surface area contributed by atoms with Crippen LogP contribution in [-0.4, -0.2) is 62.3 Å². The first kappa shape index (κ1) is 20.7. The molecule has 1 atom stereocenters. The summed E-state index contributed by atoms with van der Waals surface area (Å²) in [7, 11) is -0.280. The van der Waals surface area contributed by atoms with Gasteiger partial charge in [-0.25, -0.2) is 0 Å². The molecule has 0 unspecified atom stereocenters. The van der Waals surface area contributed by atoms with Crippen LogP contribution < -0.4 is 10.1 Å². The number of hydrogen-bond acceptors (Lipinski definition) is 4. The lowest BCUT2D eigenvalue weighted by Gasteiger charge is -2.32. The number of nitrogens with one attached hydrogen (secondary N) is 1. The molecule has 0 saturated carbocycles. The van der Waals surface area contributed by atoms with Crippen LogP contribution in [0.4, 0.5) is 0 Å². The van der Waals surface area contributed by atoms with Gasteiger partial charge in [-0.2, -0.15) is 17.0 Å². The van der Waals surface area contributed by atoms with Gasteiger partial charge in [0.15, 0.2) is 0 Å². The maximum absolute atomic E-state index is 12.1. The summed E-state index contributed by atoms with van der Waals surface area (Å²) in [4.78, 5) is 12.1. The summed E-state index contributed by atoms with van der Waals surface area (Å²) >= 11 is 0. The van der Waals surface area contributed by atoms with Crippen molar-refractivity contribution in [2.75, 3.05) is 27.2 Å². The molecule has 0 radical (unpaired) electrons. The number of rotatable bonds is 7. The fourth-order valence-electron chi connectivity index (χ4n) is 2.70. The van der Waals surface area contributed by atoms with Gasteiger partial charge in [0.05, 0.1) is 0 Å². The molecule has 0 aromatic heterocycles. The second kappa shape index (κ2) is 8.83. The highest BCUT2D eigenvalue weighted by Crippen LogP contribution is 2.21. The van der Waals surface area contributed by atoms with E-state index in [-0.39, 0.29) is 18.1 Å². The van der Waals surface area contributed by atoms with Gasteiger partial charge >= 0.3 is 0 Å². The van der Waals surface area contributed by atoms with E-state index in [1.165, 1.54) is 22.7 Å². The molecule has 1 saturated heterocycles. The molecular formula is C18H29N3O4S. The molecule has 1 N–H and O–H groups in total. The minimum absolute atomic E-state index is 0.0246. The molecule has 26 heavy (non-hydrogen) atoms. The summed E-state index contributed by atoms with van der Waals surface area (Å²) in [5.41, 5.74) is 0.601. The Morgan fingerprint density at radius 3 is 2.35 bits per heavy atom. The van der Waals surface area contributed by atoms with E-state index < -0.39 is 10.2 Å². The largest absolute Gasteiger partial charge is 0.490 e. The SMILES string of the molecule is CC[C@H](C)NC(=O)c1ccc(OC2CCN(S(=O)(=O)N(C)C)CC2)cc1. The average molecular weight is 384 g/mol. The van der Waals surface area contributed by atoms with Crippen molar-refractivity contribution < 1.29 is 17.9 Å². The van der Waals surface area contributed by atoms with E-state index in [4.69, 9.17) is 4.74 Å². The predicted molar refractivity (Wildman–Crippen MR) is 101 cm³/mol. The highest BCUT2D eigenvalue weighted by Gasteiger charge is 2.30. The molecular weight excluding hydrogens is 354 g/mol. The van der Waals surface area contributed by atoms with Crippen molar-refractivity contribution in [1.82, 2.24) is 13.9 Å². The van der Waals surface area contributed by atoms with Crippen LogP contribution in [-0.2, 0) is 10.2 Å². The maximum atomic E-state index is 12.1. The molecule has 1 aliphatic heterocycles. The summed E-state index contributed by atoms with van der Waals surface area (Å²) in [5, 5.41) is 2.93. The first-order chi connectivity index (χ1) is 12.2. The van der Waals surface area contributed by atoms with Gasteiger partial charge < -0.3 is 10.1 Å². The van der Waals surface area contributed by atoms with Crippen LogP contribution in [0, 0.1) is 0 Å². The smallest absolute Gasteiger partial charge is 0.281 e. The first-order valence-corrected chi connectivity index (χ1v) is 10.4. The molecule has 7 nitrogen and oxygen atoms in total. The van der Waals surface area contributed by atoms with Gasteiger partial charge in [0.1, 0.15) is 11.9 Å². The van der Waals surface area contributed by atoms with Crippen LogP contribution in [0.1, 0.15) is 43.5 Å². The number of carbonyl (C=O) groups is 1. The van der Waals surface area contributed by atoms with E-state index in [2.05, 4.69) is 5.32 Å². The normalized spacial score (nSPS) is 17.9. The lowest BCUT2D eigenvalue weighted by molar-refractivity contribution is 0.0939. The third kappa shape index (κ3) is 5.18. The lowest BCUT2D eigenvalue weighted by atomic mass is 10.1. The molecule has 1 fully saturated rings.